The first-order valence-corrected chi connectivity index (χ1v) is 4.84. The number of benzene rings is 1. The average molecular weight is 242 g/mol. The van der Waals surface area contributed by atoms with E-state index in [1.54, 1.807) is 30.3 Å². The number of hydrogen-bond donors (Lipinski definition) is 2. The highest BCUT2D eigenvalue weighted by Crippen LogP contribution is 2.32. The Labute approximate surface area is 94.9 Å². The van der Waals surface area contributed by atoms with Gasteiger partial charge in [0, 0.05) is 5.56 Å². The lowest BCUT2D eigenvalue weighted by molar-refractivity contribution is -0.142. The van der Waals surface area contributed by atoms with Crippen molar-refractivity contribution in [2.75, 3.05) is 0 Å². The van der Waals surface area contributed by atoms with Crippen LogP contribution < -0.4 is 0 Å². The van der Waals surface area contributed by atoms with Crippen LogP contribution in [-0.4, -0.2) is 15.1 Å². The highest BCUT2D eigenvalue weighted by Gasteiger charge is 2.37. The Kier molecular flexibility index (Phi) is 2.89. The van der Waals surface area contributed by atoms with E-state index in [1.165, 1.54) is 0 Å². The van der Waals surface area contributed by atoms with Crippen LogP contribution in [0.4, 0.5) is 13.2 Å². The molecule has 2 aromatic rings. The molecule has 0 radical (unpaired) electrons. The van der Waals surface area contributed by atoms with Gasteiger partial charge < -0.3 is 10.1 Å². The number of rotatable bonds is 2. The van der Waals surface area contributed by atoms with Crippen LogP contribution in [0.3, 0.4) is 0 Å². The van der Waals surface area contributed by atoms with Gasteiger partial charge in [-0.2, -0.15) is 13.2 Å². The fraction of sp³-hybridized carbons (Fsp3) is 0.182. The second-order valence-electron chi connectivity index (χ2n) is 3.43. The van der Waals surface area contributed by atoms with Crippen LogP contribution >= 0.6 is 0 Å². The summed E-state index contributed by atoms with van der Waals surface area (Å²) in [6.45, 7) is -0.728. The van der Waals surface area contributed by atoms with Crippen molar-refractivity contribution in [3.63, 3.8) is 0 Å². The maximum Gasteiger partial charge on any atom is 0.435 e. The fourth-order valence-corrected chi connectivity index (χ4v) is 1.49. The van der Waals surface area contributed by atoms with Crippen molar-refractivity contribution in [3.8, 4) is 11.4 Å². The smallest absolute Gasteiger partial charge is 0.390 e. The second kappa shape index (κ2) is 4.21. The third kappa shape index (κ3) is 2.31. The first-order valence-electron chi connectivity index (χ1n) is 4.84. The molecule has 0 saturated heterocycles. The normalized spacial score (nSPS) is 11.8. The molecule has 1 aromatic carbocycles. The van der Waals surface area contributed by atoms with E-state index < -0.39 is 18.5 Å². The van der Waals surface area contributed by atoms with E-state index in [0.717, 1.165) is 0 Å². The van der Waals surface area contributed by atoms with E-state index in [2.05, 4.69) is 9.97 Å². The van der Waals surface area contributed by atoms with Crippen molar-refractivity contribution in [1.82, 2.24) is 9.97 Å². The predicted molar refractivity (Wildman–Crippen MR) is 54.9 cm³/mol. The Bertz CT molecular complexity index is 505. The summed E-state index contributed by atoms with van der Waals surface area (Å²) < 4.78 is 37.7. The Balaban J connectivity index is 2.49. The minimum Gasteiger partial charge on any atom is -0.390 e. The number of imidazole rings is 1. The molecule has 0 unspecified atom stereocenters. The largest absolute Gasteiger partial charge is 0.435 e. The van der Waals surface area contributed by atoms with Crippen molar-refractivity contribution >= 4 is 0 Å². The predicted octanol–water partition coefficient (Wildman–Crippen LogP) is 2.59. The third-order valence-electron chi connectivity index (χ3n) is 2.25. The van der Waals surface area contributed by atoms with Crippen molar-refractivity contribution in [2.45, 2.75) is 12.8 Å². The number of alkyl halides is 3. The Morgan fingerprint density at radius 2 is 1.82 bits per heavy atom. The number of aliphatic hydroxyl groups is 1. The number of H-pyrrole nitrogens is 1. The molecule has 2 rings (SSSR count). The number of nitrogens with zero attached hydrogens (tertiary/aromatic N) is 1. The molecule has 90 valence electrons. The summed E-state index contributed by atoms with van der Waals surface area (Å²) in [5, 5.41) is 8.87. The SMILES string of the molecule is OCc1[nH]c(-c2ccccc2)nc1C(F)(F)F. The van der Waals surface area contributed by atoms with Gasteiger partial charge >= 0.3 is 6.18 Å². The minimum atomic E-state index is -4.57. The van der Waals surface area contributed by atoms with Gasteiger partial charge in [0.05, 0.1) is 12.3 Å². The number of hydrogen-bond acceptors (Lipinski definition) is 2. The van der Waals surface area contributed by atoms with Crippen LogP contribution in [0.25, 0.3) is 11.4 Å². The summed E-state index contributed by atoms with van der Waals surface area (Å²) in [4.78, 5) is 5.96. The van der Waals surface area contributed by atoms with E-state index >= 15 is 0 Å². The Morgan fingerprint density at radius 1 is 1.18 bits per heavy atom. The van der Waals surface area contributed by atoms with E-state index in [1.807, 2.05) is 0 Å². The van der Waals surface area contributed by atoms with Gasteiger partial charge in [0.2, 0.25) is 0 Å². The molecule has 6 heteroatoms. The molecule has 0 aliphatic heterocycles. The molecule has 2 N–H and O–H groups in total. The molecule has 0 amide bonds. The van der Waals surface area contributed by atoms with Gasteiger partial charge in [-0.05, 0) is 0 Å². The number of halogens is 3. The van der Waals surface area contributed by atoms with E-state index in [4.69, 9.17) is 5.11 Å². The van der Waals surface area contributed by atoms with Gasteiger partial charge in [0.25, 0.3) is 0 Å². The third-order valence-corrected chi connectivity index (χ3v) is 2.25. The maximum absolute atomic E-state index is 12.6. The van der Waals surface area contributed by atoms with Crippen molar-refractivity contribution in [3.05, 3.63) is 41.7 Å². The summed E-state index contributed by atoms with van der Waals surface area (Å²) in [5.41, 5.74) is -0.854. The quantitative estimate of drug-likeness (QED) is 0.850. The van der Waals surface area contributed by atoms with Crippen molar-refractivity contribution in [2.24, 2.45) is 0 Å². The highest BCUT2D eigenvalue weighted by atomic mass is 19.4. The summed E-state index contributed by atoms with van der Waals surface area (Å²) in [6, 6.07) is 8.43. The van der Waals surface area contributed by atoms with Crippen LogP contribution in [0, 0.1) is 0 Å². The first-order chi connectivity index (χ1) is 8.02. The summed E-state index contributed by atoms with van der Waals surface area (Å²) >= 11 is 0. The van der Waals surface area contributed by atoms with E-state index in [0.29, 0.717) is 5.56 Å². The molecule has 0 aliphatic carbocycles. The molecule has 0 aliphatic rings. The molecule has 0 atom stereocenters. The van der Waals surface area contributed by atoms with Crippen molar-refractivity contribution in [1.29, 1.82) is 0 Å². The molecule has 1 aromatic heterocycles. The van der Waals surface area contributed by atoms with Gasteiger partial charge in [0.15, 0.2) is 5.69 Å². The maximum atomic E-state index is 12.6. The standard InChI is InChI=1S/C11H9F3N2O/c12-11(13,14)9-8(6-17)15-10(16-9)7-4-2-1-3-5-7/h1-5,17H,6H2,(H,15,16). The molecular formula is C11H9F3N2O. The van der Waals surface area contributed by atoms with Gasteiger partial charge in [-0.25, -0.2) is 4.98 Å². The van der Waals surface area contributed by atoms with Gasteiger partial charge in [-0.3, -0.25) is 0 Å². The van der Waals surface area contributed by atoms with E-state index in [9.17, 15) is 13.2 Å². The van der Waals surface area contributed by atoms with Crippen LogP contribution in [0.15, 0.2) is 30.3 Å². The van der Waals surface area contributed by atoms with Crippen LogP contribution in [-0.2, 0) is 12.8 Å². The molecule has 3 nitrogen and oxygen atoms in total. The topological polar surface area (TPSA) is 48.9 Å². The lowest BCUT2D eigenvalue weighted by Crippen LogP contribution is -2.09. The minimum absolute atomic E-state index is 0.0991. The number of nitrogens with one attached hydrogen (secondary N) is 1. The molecule has 17 heavy (non-hydrogen) atoms. The average Bonchev–Trinajstić information content (AvgIpc) is 2.74. The summed E-state index contributed by atoms with van der Waals surface area (Å²) in [5.74, 6) is 0.0991. The molecule has 0 fully saturated rings. The zero-order valence-electron chi connectivity index (χ0n) is 8.62. The van der Waals surface area contributed by atoms with Gasteiger partial charge in [0.1, 0.15) is 5.82 Å². The summed E-state index contributed by atoms with van der Waals surface area (Å²) in [6.07, 6.45) is -4.57. The zero-order valence-corrected chi connectivity index (χ0v) is 8.62. The lowest BCUT2D eigenvalue weighted by Gasteiger charge is -2.03. The monoisotopic (exact) mass is 242 g/mol. The fourth-order valence-electron chi connectivity index (χ4n) is 1.49. The van der Waals surface area contributed by atoms with Crippen LogP contribution in [0.2, 0.25) is 0 Å². The van der Waals surface area contributed by atoms with Crippen molar-refractivity contribution < 1.29 is 18.3 Å². The summed E-state index contributed by atoms with van der Waals surface area (Å²) in [7, 11) is 0. The number of aromatic amines is 1. The zero-order chi connectivity index (χ0) is 12.5. The van der Waals surface area contributed by atoms with E-state index in [-0.39, 0.29) is 11.5 Å². The Morgan fingerprint density at radius 3 is 2.29 bits per heavy atom. The highest BCUT2D eigenvalue weighted by molar-refractivity contribution is 5.55. The molecular weight excluding hydrogens is 233 g/mol. The molecule has 0 saturated carbocycles. The van der Waals surface area contributed by atoms with Gasteiger partial charge in [-0.15, -0.1) is 0 Å². The molecule has 1 heterocycles. The Hall–Kier alpha value is -1.82. The van der Waals surface area contributed by atoms with Gasteiger partial charge in [-0.1, -0.05) is 30.3 Å². The molecule has 0 spiro atoms. The number of aromatic nitrogens is 2. The van der Waals surface area contributed by atoms with Crippen LogP contribution in [0.1, 0.15) is 11.4 Å². The van der Waals surface area contributed by atoms with Crippen LogP contribution in [0.5, 0.6) is 0 Å². The lowest BCUT2D eigenvalue weighted by atomic mass is 10.2. The first kappa shape index (κ1) is 11.7. The number of aliphatic hydroxyl groups excluding tert-OH is 1. The second-order valence-corrected chi connectivity index (χ2v) is 3.43. The molecule has 0 bridgehead atoms.